The lowest BCUT2D eigenvalue weighted by molar-refractivity contribution is -0.133. The number of rotatable bonds is 12. The van der Waals surface area contributed by atoms with Crippen molar-refractivity contribution < 1.29 is 33.3 Å². The second kappa shape index (κ2) is 14.9. The third-order valence-corrected chi connectivity index (χ3v) is 8.13. The van der Waals surface area contributed by atoms with Gasteiger partial charge in [-0.05, 0) is 54.1 Å². The van der Waals surface area contributed by atoms with E-state index >= 15 is 0 Å². The number of benzene rings is 3. The van der Waals surface area contributed by atoms with Gasteiger partial charge in [0.05, 0.1) is 53.4 Å². The number of morpholine rings is 1. The molecule has 11 nitrogen and oxygen atoms in total. The molecule has 3 aromatic rings. The molecule has 2 aliphatic rings. The average Bonchev–Trinajstić information content (AvgIpc) is 3.55. The molecule has 0 spiro atoms. The number of hydrogen-bond acceptors (Lipinski definition) is 9. The predicted octanol–water partition coefficient (Wildman–Crippen LogP) is 3.87. The summed E-state index contributed by atoms with van der Waals surface area (Å²) in [6.07, 6.45) is 0.459. The summed E-state index contributed by atoms with van der Waals surface area (Å²) >= 11 is 0. The first-order valence-electron chi connectivity index (χ1n) is 14.9. The van der Waals surface area contributed by atoms with Crippen LogP contribution in [0.15, 0.2) is 71.8 Å². The zero-order valence-electron chi connectivity index (χ0n) is 26.2. The first-order valence-corrected chi connectivity index (χ1v) is 14.9. The highest BCUT2D eigenvalue weighted by Crippen LogP contribution is 2.37. The van der Waals surface area contributed by atoms with Crippen LogP contribution in [0.3, 0.4) is 0 Å². The van der Waals surface area contributed by atoms with Crippen LogP contribution < -0.4 is 18.9 Å². The van der Waals surface area contributed by atoms with E-state index in [1.807, 2.05) is 36.4 Å². The van der Waals surface area contributed by atoms with Crippen LogP contribution in [-0.2, 0) is 9.53 Å². The lowest BCUT2D eigenvalue weighted by Gasteiger charge is -2.31. The Labute approximate surface area is 263 Å². The minimum absolute atomic E-state index is 0.140. The standard InChI is InChI=1S/C34H40N4O7/c1-41-26-9-5-24(6-10-26)31-22-30(29-14-13-28(43-3)21-32(29)44-4)35-38(31)33(39)23-37(16-15-36-17-19-45-20-18-36)34(40)25-7-11-27(42-2)12-8-25/h5-14,21,31H,15-20,22-23H2,1-4H3. The van der Waals surface area contributed by atoms with E-state index in [9.17, 15) is 9.59 Å². The van der Waals surface area contributed by atoms with Crippen LogP contribution in [0.25, 0.3) is 0 Å². The molecular formula is C34H40N4O7. The van der Waals surface area contributed by atoms with E-state index in [1.165, 1.54) is 5.01 Å². The number of hydrogen-bond donors (Lipinski definition) is 0. The highest BCUT2D eigenvalue weighted by atomic mass is 16.5. The topological polar surface area (TPSA) is 102 Å². The van der Waals surface area contributed by atoms with Crippen molar-refractivity contribution in [2.75, 3.05) is 74.4 Å². The smallest absolute Gasteiger partial charge is 0.262 e. The number of carbonyl (C=O) groups excluding carboxylic acids is 2. The SMILES string of the molecule is COc1ccc(C(=O)N(CCN2CCOCC2)CC(=O)N2N=C(c3ccc(OC)cc3OC)CC2c2ccc(OC)cc2)cc1. The van der Waals surface area contributed by atoms with E-state index in [4.69, 9.17) is 28.8 Å². The van der Waals surface area contributed by atoms with Crippen molar-refractivity contribution in [3.63, 3.8) is 0 Å². The van der Waals surface area contributed by atoms with Gasteiger partial charge in [-0.3, -0.25) is 14.5 Å². The molecule has 0 radical (unpaired) electrons. The maximum Gasteiger partial charge on any atom is 0.262 e. The fourth-order valence-corrected chi connectivity index (χ4v) is 5.52. The van der Waals surface area contributed by atoms with Crippen LogP contribution in [-0.4, -0.2) is 107 Å². The molecule has 3 aromatic carbocycles. The third-order valence-electron chi connectivity index (χ3n) is 8.13. The van der Waals surface area contributed by atoms with Crippen molar-refractivity contribution >= 4 is 17.5 Å². The lowest BCUT2D eigenvalue weighted by Crippen LogP contribution is -2.46. The molecule has 0 bridgehead atoms. The Kier molecular flexibility index (Phi) is 10.5. The molecular weight excluding hydrogens is 576 g/mol. The van der Waals surface area contributed by atoms with Crippen LogP contribution in [0, 0.1) is 0 Å². The van der Waals surface area contributed by atoms with Gasteiger partial charge >= 0.3 is 0 Å². The van der Waals surface area contributed by atoms with Crippen molar-refractivity contribution in [3.8, 4) is 23.0 Å². The fourth-order valence-electron chi connectivity index (χ4n) is 5.52. The Morgan fingerprint density at radius 3 is 2.09 bits per heavy atom. The van der Waals surface area contributed by atoms with Crippen molar-refractivity contribution in [2.45, 2.75) is 12.5 Å². The zero-order valence-corrected chi connectivity index (χ0v) is 26.2. The summed E-state index contributed by atoms with van der Waals surface area (Å²) in [4.78, 5) is 31.8. The summed E-state index contributed by atoms with van der Waals surface area (Å²) in [7, 11) is 6.38. The van der Waals surface area contributed by atoms with Crippen LogP contribution in [0.2, 0.25) is 0 Å². The van der Waals surface area contributed by atoms with Crippen LogP contribution >= 0.6 is 0 Å². The highest BCUT2D eigenvalue weighted by molar-refractivity contribution is 6.05. The zero-order chi connectivity index (χ0) is 31.8. The van der Waals surface area contributed by atoms with Gasteiger partial charge in [-0.2, -0.15) is 5.10 Å². The Hall–Kier alpha value is -4.61. The Balaban J connectivity index is 1.44. The average molecular weight is 617 g/mol. The number of nitrogens with zero attached hydrogens (tertiary/aromatic N) is 4. The molecule has 238 valence electrons. The predicted molar refractivity (Wildman–Crippen MR) is 169 cm³/mol. The molecule has 0 saturated carbocycles. The van der Waals surface area contributed by atoms with E-state index in [2.05, 4.69) is 4.90 Å². The molecule has 1 fully saturated rings. The minimum Gasteiger partial charge on any atom is -0.497 e. The maximum absolute atomic E-state index is 14.2. The van der Waals surface area contributed by atoms with Crippen LogP contribution in [0.5, 0.6) is 23.0 Å². The second-order valence-electron chi connectivity index (χ2n) is 10.8. The van der Waals surface area contributed by atoms with Gasteiger partial charge in [0, 0.05) is 49.8 Å². The summed E-state index contributed by atoms with van der Waals surface area (Å²) < 4.78 is 27.2. The van der Waals surface area contributed by atoms with E-state index in [0.717, 1.165) is 24.2 Å². The van der Waals surface area contributed by atoms with Crippen LogP contribution in [0.4, 0.5) is 0 Å². The monoisotopic (exact) mass is 616 g/mol. The van der Waals surface area contributed by atoms with Gasteiger partial charge in [-0.15, -0.1) is 0 Å². The quantitative estimate of drug-likeness (QED) is 0.302. The van der Waals surface area contributed by atoms with E-state index in [1.54, 1.807) is 63.7 Å². The molecule has 45 heavy (non-hydrogen) atoms. The molecule has 2 heterocycles. The Bertz CT molecular complexity index is 1490. The molecule has 11 heteroatoms. The lowest BCUT2D eigenvalue weighted by atomic mass is 9.97. The van der Waals surface area contributed by atoms with Gasteiger partial charge in [-0.25, -0.2) is 5.01 Å². The van der Waals surface area contributed by atoms with Crippen LogP contribution in [0.1, 0.15) is 33.9 Å². The molecule has 1 atom stereocenters. The van der Waals surface area contributed by atoms with Gasteiger partial charge in [0.25, 0.3) is 11.8 Å². The van der Waals surface area contributed by atoms with Gasteiger partial charge in [0.1, 0.15) is 29.5 Å². The molecule has 2 amide bonds. The van der Waals surface area contributed by atoms with Gasteiger partial charge in [0.2, 0.25) is 0 Å². The molecule has 5 rings (SSSR count). The number of carbonyl (C=O) groups is 2. The first kappa shape index (κ1) is 31.8. The first-order chi connectivity index (χ1) is 21.9. The molecule has 0 aromatic heterocycles. The number of hydrazone groups is 1. The van der Waals surface area contributed by atoms with Gasteiger partial charge < -0.3 is 28.6 Å². The number of methoxy groups -OCH3 is 4. The molecule has 2 aliphatic heterocycles. The molecule has 0 N–H and O–H groups in total. The highest BCUT2D eigenvalue weighted by Gasteiger charge is 2.35. The molecule has 1 saturated heterocycles. The van der Waals surface area contributed by atoms with Crippen molar-refractivity contribution in [1.82, 2.24) is 14.8 Å². The van der Waals surface area contributed by atoms with Crippen molar-refractivity contribution in [3.05, 3.63) is 83.4 Å². The van der Waals surface area contributed by atoms with Crippen molar-refractivity contribution in [1.29, 1.82) is 0 Å². The summed E-state index contributed by atoms with van der Waals surface area (Å²) in [6.45, 7) is 3.71. The Morgan fingerprint density at radius 2 is 1.47 bits per heavy atom. The summed E-state index contributed by atoms with van der Waals surface area (Å²) in [6, 6.07) is 19.7. The fraction of sp³-hybridized carbons (Fsp3) is 0.382. The van der Waals surface area contributed by atoms with E-state index in [-0.39, 0.29) is 24.4 Å². The van der Waals surface area contributed by atoms with E-state index in [0.29, 0.717) is 67.0 Å². The summed E-state index contributed by atoms with van der Waals surface area (Å²) in [5.41, 5.74) is 2.85. The summed E-state index contributed by atoms with van der Waals surface area (Å²) in [5, 5.41) is 6.35. The maximum atomic E-state index is 14.2. The van der Waals surface area contributed by atoms with Gasteiger partial charge in [-0.1, -0.05) is 12.1 Å². The minimum atomic E-state index is -0.387. The normalized spacial score (nSPS) is 16.6. The molecule has 0 aliphatic carbocycles. The number of amides is 2. The third kappa shape index (κ3) is 7.55. The summed E-state index contributed by atoms with van der Waals surface area (Å²) in [5.74, 6) is 2.09. The Morgan fingerprint density at radius 1 is 0.844 bits per heavy atom. The molecule has 1 unspecified atom stereocenters. The largest absolute Gasteiger partial charge is 0.497 e. The number of ether oxygens (including phenoxy) is 5. The van der Waals surface area contributed by atoms with Crippen molar-refractivity contribution in [2.24, 2.45) is 5.10 Å². The van der Waals surface area contributed by atoms with Gasteiger partial charge in [0.15, 0.2) is 0 Å². The second-order valence-corrected chi connectivity index (χ2v) is 10.8. The van der Waals surface area contributed by atoms with E-state index < -0.39 is 0 Å².